The third kappa shape index (κ3) is 2.75. The first-order valence-electron chi connectivity index (χ1n) is 6.36. The molecule has 2 rings (SSSR count). The van der Waals surface area contributed by atoms with Crippen LogP contribution in [0.25, 0.3) is 0 Å². The normalized spacial score (nSPS) is 20.3. The smallest absolute Gasteiger partial charge is 0.123 e. The van der Waals surface area contributed by atoms with Gasteiger partial charge in [-0.2, -0.15) is 0 Å². The molecular weight excluding hydrogens is 234 g/mol. The number of hydrogen-bond donors (Lipinski definition) is 1. The van der Waals surface area contributed by atoms with Crippen LogP contribution in [0.15, 0.2) is 12.1 Å². The number of methoxy groups -OCH3 is 1. The van der Waals surface area contributed by atoms with Crippen molar-refractivity contribution < 1.29 is 4.74 Å². The van der Waals surface area contributed by atoms with Gasteiger partial charge < -0.3 is 10.1 Å². The Morgan fingerprint density at radius 3 is 2.82 bits per heavy atom. The Bertz CT molecular complexity index is 386. The fraction of sp³-hybridized carbons (Fsp3) is 0.571. The van der Waals surface area contributed by atoms with E-state index in [9.17, 15) is 0 Å². The van der Waals surface area contributed by atoms with Gasteiger partial charge in [0.1, 0.15) is 5.75 Å². The summed E-state index contributed by atoms with van der Waals surface area (Å²) in [4.78, 5) is 0. The summed E-state index contributed by atoms with van der Waals surface area (Å²) in [5.74, 6) is 0.919. The van der Waals surface area contributed by atoms with Crippen molar-refractivity contribution in [2.24, 2.45) is 0 Å². The molecule has 0 spiro atoms. The number of nitrogens with one attached hydrogen (secondary N) is 1. The van der Waals surface area contributed by atoms with Gasteiger partial charge in [-0.15, -0.1) is 0 Å². The molecule has 0 saturated carbocycles. The Labute approximate surface area is 108 Å². The Morgan fingerprint density at radius 2 is 2.24 bits per heavy atom. The van der Waals surface area contributed by atoms with E-state index in [-0.39, 0.29) is 0 Å². The Kier molecular flexibility index (Phi) is 4.30. The summed E-state index contributed by atoms with van der Waals surface area (Å²) < 4.78 is 5.44. The molecule has 1 unspecified atom stereocenters. The highest BCUT2D eigenvalue weighted by Gasteiger charge is 2.17. The average Bonchev–Trinajstić information content (AvgIpc) is 2.38. The highest BCUT2D eigenvalue weighted by Crippen LogP contribution is 2.33. The number of hydrogen-bond acceptors (Lipinski definition) is 2. The lowest BCUT2D eigenvalue weighted by atomic mass is 9.96. The molecule has 1 aliphatic heterocycles. The predicted octanol–water partition coefficient (Wildman–Crippen LogP) is 3.73. The zero-order valence-corrected chi connectivity index (χ0v) is 11.3. The van der Waals surface area contributed by atoms with Crippen molar-refractivity contribution in [3.63, 3.8) is 0 Å². The maximum atomic E-state index is 6.32. The molecule has 94 valence electrons. The molecule has 3 heteroatoms. The molecule has 0 bridgehead atoms. The summed E-state index contributed by atoms with van der Waals surface area (Å²) in [6.07, 6.45) is 4.65. The lowest BCUT2D eigenvalue weighted by Gasteiger charge is -2.25. The van der Waals surface area contributed by atoms with Crippen LogP contribution in [-0.4, -0.2) is 13.7 Å². The quantitative estimate of drug-likeness (QED) is 0.886. The monoisotopic (exact) mass is 253 g/mol. The summed E-state index contributed by atoms with van der Waals surface area (Å²) in [6.45, 7) is 3.20. The topological polar surface area (TPSA) is 21.3 Å². The molecule has 1 aromatic rings. The van der Waals surface area contributed by atoms with E-state index >= 15 is 0 Å². The minimum atomic E-state index is 0.432. The van der Waals surface area contributed by atoms with Gasteiger partial charge in [0.25, 0.3) is 0 Å². The number of rotatable bonds is 3. The van der Waals surface area contributed by atoms with Crippen molar-refractivity contribution in [1.29, 1.82) is 0 Å². The van der Waals surface area contributed by atoms with Crippen LogP contribution >= 0.6 is 11.6 Å². The summed E-state index contributed by atoms with van der Waals surface area (Å²) >= 11 is 6.32. The van der Waals surface area contributed by atoms with Crippen LogP contribution in [0, 0.1) is 0 Å². The second kappa shape index (κ2) is 5.74. The van der Waals surface area contributed by atoms with Crippen LogP contribution in [-0.2, 0) is 6.42 Å². The molecule has 17 heavy (non-hydrogen) atoms. The zero-order chi connectivity index (χ0) is 12.3. The highest BCUT2D eigenvalue weighted by atomic mass is 35.5. The molecular formula is C14H20ClNO. The molecule has 0 aliphatic carbocycles. The molecule has 1 aliphatic rings. The number of benzene rings is 1. The van der Waals surface area contributed by atoms with Gasteiger partial charge in [-0.1, -0.05) is 24.9 Å². The van der Waals surface area contributed by atoms with E-state index in [1.54, 1.807) is 7.11 Å². The minimum Gasteiger partial charge on any atom is -0.496 e. The van der Waals surface area contributed by atoms with Gasteiger partial charge >= 0.3 is 0 Å². The molecule has 1 N–H and O–H groups in total. The van der Waals surface area contributed by atoms with Crippen molar-refractivity contribution >= 4 is 11.6 Å². The van der Waals surface area contributed by atoms with Gasteiger partial charge in [-0.25, -0.2) is 0 Å². The van der Waals surface area contributed by atoms with E-state index in [1.165, 1.54) is 24.8 Å². The Morgan fingerprint density at radius 1 is 1.41 bits per heavy atom. The molecule has 1 heterocycles. The van der Waals surface area contributed by atoms with Crippen molar-refractivity contribution in [2.75, 3.05) is 13.7 Å². The number of ether oxygens (including phenoxy) is 1. The summed E-state index contributed by atoms with van der Waals surface area (Å²) in [5, 5.41) is 4.37. The summed E-state index contributed by atoms with van der Waals surface area (Å²) in [6, 6.07) is 4.65. The first-order valence-corrected chi connectivity index (χ1v) is 6.73. The van der Waals surface area contributed by atoms with E-state index in [1.807, 2.05) is 0 Å². The minimum absolute atomic E-state index is 0.432. The molecule has 0 radical (unpaired) electrons. The Hall–Kier alpha value is -0.730. The van der Waals surface area contributed by atoms with E-state index in [0.29, 0.717) is 6.04 Å². The van der Waals surface area contributed by atoms with Crippen molar-refractivity contribution in [3.8, 4) is 5.75 Å². The van der Waals surface area contributed by atoms with Crippen LogP contribution in [0.5, 0.6) is 5.75 Å². The van der Waals surface area contributed by atoms with E-state index in [2.05, 4.69) is 24.4 Å². The zero-order valence-electron chi connectivity index (χ0n) is 10.6. The largest absolute Gasteiger partial charge is 0.496 e. The predicted molar refractivity (Wildman–Crippen MR) is 72.0 cm³/mol. The van der Waals surface area contributed by atoms with Gasteiger partial charge in [0.2, 0.25) is 0 Å². The molecule has 2 nitrogen and oxygen atoms in total. The first kappa shape index (κ1) is 12.7. The summed E-state index contributed by atoms with van der Waals surface area (Å²) in [7, 11) is 1.71. The van der Waals surface area contributed by atoms with E-state index in [4.69, 9.17) is 16.3 Å². The van der Waals surface area contributed by atoms with Crippen LogP contribution in [0.3, 0.4) is 0 Å². The van der Waals surface area contributed by atoms with Gasteiger partial charge in [0, 0.05) is 16.6 Å². The lowest BCUT2D eigenvalue weighted by Crippen LogP contribution is -2.26. The van der Waals surface area contributed by atoms with Gasteiger partial charge in [-0.05, 0) is 43.5 Å². The maximum Gasteiger partial charge on any atom is 0.123 e. The average molecular weight is 254 g/mol. The van der Waals surface area contributed by atoms with Crippen LogP contribution < -0.4 is 10.1 Å². The fourth-order valence-electron chi connectivity index (χ4n) is 2.49. The maximum absolute atomic E-state index is 6.32. The van der Waals surface area contributed by atoms with Crippen molar-refractivity contribution in [2.45, 2.75) is 38.6 Å². The first-order chi connectivity index (χ1) is 8.26. The second-order valence-corrected chi connectivity index (χ2v) is 4.95. The summed E-state index contributed by atoms with van der Waals surface area (Å²) in [5.41, 5.74) is 2.36. The second-order valence-electron chi connectivity index (χ2n) is 4.54. The van der Waals surface area contributed by atoms with Gasteiger partial charge in [-0.3, -0.25) is 0 Å². The van der Waals surface area contributed by atoms with Crippen molar-refractivity contribution in [1.82, 2.24) is 5.32 Å². The van der Waals surface area contributed by atoms with Crippen LogP contribution in [0.1, 0.15) is 43.4 Å². The van der Waals surface area contributed by atoms with Crippen molar-refractivity contribution in [3.05, 3.63) is 28.3 Å². The molecule has 1 saturated heterocycles. The molecule has 1 atom stereocenters. The molecule has 1 fully saturated rings. The van der Waals surface area contributed by atoms with Gasteiger partial charge in [0.05, 0.1) is 7.11 Å². The molecule has 1 aromatic carbocycles. The standard InChI is InChI=1S/C14H20ClNO/c1-3-11-12(15)8-10(9-14(11)17-2)13-6-4-5-7-16-13/h8-9,13,16H,3-7H2,1-2H3. The number of halogens is 1. The molecule has 0 aromatic heterocycles. The van der Waals surface area contributed by atoms with Gasteiger partial charge in [0.15, 0.2) is 0 Å². The lowest BCUT2D eigenvalue weighted by molar-refractivity contribution is 0.397. The third-order valence-electron chi connectivity index (χ3n) is 3.46. The third-order valence-corrected chi connectivity index (χ3v) is 3.80. The van der Waals surface area contributed by atoms with E-state index in [0.717, 1.165) is 29.3 Å². The van der Waals surface area contributed by atoms with E-state index < -0.39 is 0 Å². The SMILES string of the molecule is CCc1c(Cl)cc(C2CCCCN2)cc1OC. The molecule has 0 amide bonds. The highest BCUT2D eigenvalue weighted by molar-refractivity contribution is 6.31. The number of piperidine rings is 1. The Balaban J connectivity index is 2.31. The fourth-order valence-corrected chi connectivity index (χ4v) is 2.85. The van der Waals surface area contributed by atoms with Crippen LogP contribution in [0.4, 0.5) is 0 Å². The van der Waals surface area contributed by atoms with Crippen LogP contribution in [0.2, 0.25) is 5.02 Å².